The number of carbonyl (C=O) groups excluding carboxylic acids is 3. The van der Waals surface area contributed by atoms with Crippen LogP contribution >= 0.6 is 0 Å². The standard InChI is InChI=1S/C40H71NO14.C38H42N2O6.C12H26O4S/c1-15-27-40(11,48)33(44)22(5)30(43)20(3)18-38(9,47)35(55-37-32(53-28(42)16-2)26(41(12)13)17-21(4)50-37)23(6)31(24(7)36(46)52-27)54-29-19-39(10,49-14)34(45)25(8)51-29;1-39-15-13-25-20-32(42-4)34-22-28(25)29(39)17-23-7-10-27(11-8-23)45-33-19-24(9-12-31(33)41-3)18-30-36-26(14-16-40(30)2)21-35(43-5)37(44-6)38(36)46-34;1-2-3-4-5-6-7-8-9-10-11-12-16-17(13,14)15/h20-27,29,31-35,37,44-45,47-48H,15-19H2,1-14H3;7-12,19-22,29-30H,13-18H2,1-6H3;2-12H2,1H3,(H,13,14,15). The fourth-order valence-corrected chi connectivity index (χ4v) is 18.1. The van der Waals surface area contributed by atoms with Crippen molar-refractivity contribution in [2.45, 2.75) is 301 Å². The van der Waals surface area contributed by atoms with Gasteiger partial charge in [0.15, 0.2) is 53.2 Å². The number of aliphatic hydroxyl groups excluding tert-OH is 2. The zero-order chi connectivity index (χ0) is 86.9. The van der Waals surface area contributed by atoms with Gasteiger partial charge in [-0.1, -0.05) is 118 Å². The maximum absolute atomic E-state index is 14.2. The first kappa shape index (κ1) is 97.1. The Bertz CT molecular complexity index is 3990. The second kappa shape index (κ2) is 43.6. The summed E-state index contributed by atoms with van der Waals surface area (Å²) in [4.78, 5) is 47.7. The van der Waals surface area contributed by atoms with Gasteiger partial charge in [0.1, 0.15) is 29.3 Å². The van der Waals surface area contributed by atoms with Gasteiger partial charge in [-0.3, -0.25) is 28.7 Å². The largest absolute Gasteiger partial charge is 0.493 e. The van der Waals surface area contributed by atoms with E-state index in [9.17, 15) is 43.2 Å². The number of hydrogen-bond acceptors (Lipinski definition) is 26. The summed E-state index contributed by atoms with van der Waals surface area (Å²) in [5, 5.41) is 46.6. The minimum Gasteiger partial charge on any atom is -0.493 e. The quantitative estimate of drug-likeness (QED) is 0.0234. The summed E-state index contributed by atoms with van der Waals surface area (Å²) in [5.41, 5.74) is 2.23. The van der Waals surface area contributed by atoms with Gasteiger partial charge in [0, 0.05) is 68.4 Å². The highest BCUT2D eigenvalue weighted by Crippen LogP contribution is 2.53. The molecule has 0 saturated carbocycles. The average Bonchev–Trinajstić information content (AvgIpc) is 0.751. The number of cyclic esters (lactones) is 1. The molecule has 20 atom stereocenters. The Kier molecular flexibility index (Phi) is 35.9. The molecule has 0 radical (unpaired) electrons. The molecule has 5 N–H and O–H groups in total. The summed E-state index contributed by atoms with van der Waals surface area (Å²) in [5.74, 6) is -0.177. The van der Waals surface area contributed by atoms with Gasteiger partial charge in [-0.25, -0.2) is 4.18 Å². The first-order valence-electron chi connectivity index (χ1n) is 42.5. The molecule has 4 aromatic carbocycles. The lowest BCUT2D eigenvalue weighted by Gasteiger charge is -2.49. The molecule has 11 rings (SSSR count). The summed E-state index contributed by atoms with van der Waals surface area (Å²) in [6, 6.07) is 20.9. The zero-order valence-corrected chi connectivity index (χ0v) is 74.7. The maximum Gasteiger partial charge on any atom is 0.397 e. The van der Waals surface area contributed by atoms with Crippen molar-refractivity contribution in [3.63, 3.8) is 0 Å². The molecule has 6 bridgehead atoms. The number of ketones is 1. The molecule has 3 saturated heterocycles. The van der Waals surface area contributed by atoms with E-state index in [1.807, 2.05) is 44.1 Å². The molecular weight excluding hydrogens is 1540 g/mol. The highest BCUT2D eigenvalue weighted by atomic mass is 32.3. The van der Waals surface area contributed by atoms with Crippen LogP contribution in [0.1, 0.15) is 225 Å². The fourth-order valence-electron chi connectivity index (χ4n) is 17.8. The Balaban J connectivity index is 0.000000248. The summed E-state index contributed by atoms with van der Waals surface area (Å²) in [7, 11) is 12.1. The number of benzene rings is 4. The third kappa shape index (κ3) is 24.6. The number of methoxy groups -OCH3 is 5. The number of Topliss-reactive ketones (excluding diaryl/α,β-unsaturated/α-hetero) is 1. The van der Waals surface area contributed by atoms with Crippen LogP contribution in [0.2, 0.25) is 0 Å². The molecule has 0 spiro atoms. The van der Waals surface area contributed by atoms with Crippen molar-refractivity contribution in [1.29, 1.82) is 0 Å². The van der Waals surface area contributed by atoms with Crippen LogP contribution in [0.3, 0.4) is 0 Å². The molecule has 20 unspecified atom stereocenters. The summed E-state index contributed by atoms with van der Waals surface area (Å²) < 4.78 is 114. The van der Waals surface area contributed by atoms with Crippen molar-refractivity contribution in [2.75, 3.05) is 83.4 Å². The fraction of sp³-hybridized carbons (Fsp3) is 0.700. The molecule has 4 aromatic rings. The lowest BCUT2D eigenvalue weighted by molar-refractivity contribution is -0.319. The van der Waals surface area contributed by atoms with E-state index in [0.717, 1.165) is 68.5 Å². The third-order valence-corrected chi connectivity index (χ3v) is 25.4. The Hall–Kier alpha value is -6.32. The Morgan fingerprint density at radius 2 is 1.25 bits per heavy atom. The minimum atomic E-state index is -4.23. The third-order valence-electron chi connectivity index (χ3n) is 24.9. The average molecular weight is 1680 g/mol. The van der Waals surface area contributed by atoms with Crippen LogP contribution in [-0.4, -0.2) is 234 Å². The maximum atomic E-state index is 14.2. The predicted octanol–water partition coefficient (Wildman–Crippen LogP) is 13.6. The lowest BCUT2D eigenvalue weighted by atomic mass is 9.74. The topological polar surface area (TPSA) is 325 Å². The van der Waals surface area contributed by atoms with Gasteiger partial charge in [0.25, 0.3) is 0 Å². The lowest BCUT2D eigenvalue weighted by Crippen LogP contribution is -2.61. The van der Waals surface area contributed by atoms with Gasteiger partial charge in [0.05, 0.1) is 88.7 Å². The number of carbonyl (C=O) groups is 3. The number of aliphatic hydroxyl groups is 4. The first-order valence-corrected chi connectivity index (χ1v) is 43.9. The minimum absolute atomic E-state index is 0.000437. The molecule has 7 aliphatic heterocycles. The van der Waals surface area contributed by atoms with Crippen LogP contribution in [0.5, 0.6) is 46.0 Å². The van der Waals surface area contributed by atoms with Crippen LogP contribution in [0.25, 0.3) is 0 Å². The van der Waals surface area contributed by atoms with Gasteiger partial charge in [0.2, 0.25) is 5.75 Å². The van der Waals surface area contributed by atoms with Crippen molar-refractivity contribution < 1.29 is 114 Å². The highest BCUT2D eigenvalue weighted by Gasteiger charge is 2.55. The number of hydrogen-bond donors (Lipinski definition) is 5. The van der Waals surface area contributed by atoms with Crippen LogP contribution in [-0.2, 0) is 87.8 Å². The van der Waals surface area contributed by atoms with E-state index in [1.54, 1.807) is 76.9 Å². The molecule has 7 aliphatic rings. The van der Waals surface area contributed by atoms with Gasteiger partial charge in [-0.05, 0) is 191 Å². The van der Waals surface area contributed by atoms with Gasteiger partial charge < -0.3 is 86.9 Å². The van der Waals surface area contributed by atoms with E-state index in [1.165, 1.54) is 95.1 Å². The zero-order valence-electron chi connectivity index (χ0n) is 73.9. The molecule has 118 heavy (non-hydrogen) atoms. The van der Waals surface area contributed by atoms with E-state index in [4.69, 9.17) is 66.1 Å². The first-order chi connectivity index (χ1) is 55.8. The van der Waals surface area contributed by atoms with Crippen LogP contribution < -0.4 is 28.4 Å². The van der Waals surface area contributed by atoms with Crippen molar-refractivity contribution >= 4 is 28.1 Å². The molecule has 3 fully saturated rings. The second-order valence-corrected chi connectivity index (χ2v) is 35.3. The van der Waals surface area contributed by atoms with Crippen molar-refractivity contribution in [3.8, 4) is 46.0 Å². The number of unbranched alkanes of at least 4 members (excludes halogenated alkanes) is 9. The molecule has 664 valence electrons. The van der Waals surface area contributed by atoms with Crippen LogP contribution in [0.15, 0.2) is 60.7 Å². The molecule has 28 heteroatoms. The van der Waals surface area contributed by atoms with E-state index in [2.05, 4.69) is 77.5 Å². The molecule has 0 amide bonds. The second-order valence-electron chi connectivity index (χ2n) is 34.2. The number of esters is 2. The van der Waals surface area contributed by atoms with Crippen LogP contribution in [0, 0.1) is 23.7 Å². The van der Waals surface area contributed by atoms with E-state index >= 15 is 0 Å². The number of nitrogens with zero attached hydrogens (tertiary/aromatic N) is 3. The van der Waals surface area contributed by atoms with Crippen molar-refractivity contribution in [1.82, 2.24) is 14.7 Å². The van der Waals surface area contributed by atoms with Gasteiger partial charge >= 0.3 is 22.3 Å². The molecule has 27 nitrogen and oxygen atoms in total. The van der Waals surface area contributed by atoms with Crippen LogP contribution in [0.4, 0.5) is 0 Å². The summed E-state index contributed by atoms with van der Waals surface area (Å²) in [6.07, 6.45) is 5.54. The van der Waals surface area contributed by atoms with Crippen molar-refractivity contribution in [3.05, 3.63) is 94.0 Å². The summed E-state index contributed by atoms with van der Waals surface area (Å²) >= 11 is 0. The summed E-state index contributed by atoms with van der Waals surface area (Å²) in [6.45, 7) is 22.2. The molecule has 7 heterocycles. The smallest absolute Gasteiger partial charge is 0.397 e. The Morgan fingerprint density at radius 3 is 1.85 bits per heavy atom. The normalized spacial score (nSPS) is 31.0. The number of likely N-dealkylation sites (N-methyl/N-ethyl adjacent to an activating group) is 3. The van der Waals surface area contributed by atoms with E-state index in [-0.39, 0.29) is 56.5 Å². The predicted molar refractivity (Wildman–Crippen MR) is 447 cm³/mol. The monoisotopic (exact) mass is 1680 g/mol. The molecule has 0 aromatic heterocycles. The van der Waals surface area contributed by atoms with Gasteiger partial charge in [-0.15, -0.1) is 0 Å². The van der Waals surface area contributed by atoms with Crippen molar-refractivity contribution in [2.24, 2.45) is 23.7 Å². The van der Waals surface area contributed by atoms with E-state index < -0.39 is 124 Å². The van der Waals surface area contributed by atoms with E-state index in [0.29, 0.717) is 53.1 Å². The molecule has 0 aliphatic carbocycles. The number of ether oxygens (including phenoxy) is 13. The van der Waals surface area contributed by atoms with Gasteiger partial charge in [-0.2, -0.15) is 8.42 Å². The SMILES string of the molecule is CCC(=O)OC1C(OC2C(C)C(OC3CC(C)(OC)C(O)C(C)O3)C(C)C(=O)OC(CC)C(C)(O)C(O)C(C)C(=O)C(C)CC2(C)O)OC(C)CC1N(C)C.CCCCCCCCCCCCOS(=O)(=O)O.COc1ccc2cc1Oc1ccc(cc1)CC1c3cc(c(OC)cc3CCN1C)Oc1c(OC)c(OC)cc3c1C(C2)N(C)CC3. The number of fused-ring (bicyclic) bond motifs is 2. The number of rotatable bonds is 25. The molecular formula is C90H139N3O24S. The highest BCUT2D eigenvalue weighted by molar-refractivity contribution is 7.80. The Labute approximate surface area is 701 Å². The Morgan fingerprint density at radius 1 is 0.661 bits per heavy atom.